The molecule has 14 heteroatoms. The maximum absolute atomic E-state index is 13.4. The molecule has 166 valence electrons. The molecule has 1 N–H and O–H groups in total. The Morgan fingerprint density at radius 1 is 1.17 bits per heavy atom. The van der Waals surface area contributed by atoms with Gasteiger partial charge >= 0.3 is 17.4 Å². The second-order valence-electron chi connectivity index (χ2n) is 5.98. The first-order valence-corrected chi connectivity index (χ1v) is 9.71. The fourth-order valence-corrected chi connectivity index (χ4v) is 4.18. The molecule has 0 radical (unpaired) electrons. The largest absolute Gasteiger partial charge is 0.460 e. The number of alkyl halides is 7. The average Bonchev–Trinajstić information content (AvgIpc) is 2.89. The summed E-state index contributed by atoms with van der Waals surface area (Å²) in [5.41, 5.74) is 0.0865. The Bertz CT molecular complexity index is 844. The van der Waals surface area contributed by atoms with Crippen molar-refractivity contribution in [2.75, 3.05) is 19.4 Å². The average molecular weight is 477 g/mol. The fourth-order valence-electron chi connectivity index (χ4n) is 2.26. The number of thioether (sulfide) groups is 2. The second kappa shape index (κ2) is 8.65. The summed E-state index contributed by atoms with van der Waals surface area (Å²) in [5, 5.41) is -3.30. The van der Waals surface area contributed by atoms with E-state index in [2.05, 4.69) is 10.3 Å². The van der Waals surface area contributed by atoms with Crippen LogP contribution in [0.5, 0.6) is 0 Å². The van der Waals surface area contributed by atoms with Crippen molar-refractivity contribution in [3.8, 4) is 0 Å². The minimum absolute atomic E-state index is 0.0865. The van der Waals surface area contributed by atoms with E-state index in [0.29, 0.717) is 5.17 Å². The molecule has 1 atom stereocenters. The van der Waals surface area contributed by atoms with Crippen molar-refractivity contribution in [1.82, 2.24) is 4.90 Å². The maximum atomic E-state index is 13.4. The van der Waals surface area contributed by atoms with E-state index < -0.39 is 45.2 Å². The van der Waals surface area contributed by atoms with E-state index >= 15 is 0 Å². The molecule has 1 aromatic rings. The predicted octanol–water partition coefficient (Wildman–Crippen LogP) is 4.46. The van der Waals surface area contributed by atoms with Crippen LogP contribution in [0.4, 0.5) is 36.4 Å². The van der Waals surface area contributed by atoms with Gasteiger partial charge in [-0.15, -0.1) is 0 Å². The number of aliphatic imine (C=N–C) groups is 1. The maximum Gasteiger partial charge on any atom is 0.460 e. The molecule has 0 aliphatic carbocycles. The molecular formula is C16H14F7N3O2S2. The lowest BCUT2D eigenvalue weighted by atomic mass is 10.2. The summed E-state index contributed by atoms with van der Waals surface area (Å²) in [6.07, 6.45) is -6.62. The smallest absolute Gasteiger partial charge is 0.326 e. The molecule has 1 aliphatic heterocycles. The van der Waals surface area contributed by atoms with Gasteiger partial charge in [-0.3, -0.25) is 19.5 Å². The third-order valence-corrected chi connectivity index (χ3v) is 6.15. The monoisotopic (exact) mass is 477 g/mol. The first-order chi connectivity index (χ1) is 13.7. The molecule has 1 heterocycles. The number of amidine groups is 1. The van der Waals surface area contributed by atoms with Crippen LogP contribution < -0.4 is 5.32 Å². The van der Waals surface area contributed by atoms with E-state index in [0.717, 1.165) is 36.0 Å². The number of benzene rings is 1. The number of amides is 2. The number of hydrogen-bond acceptors (Lipinski definition) is 5. The molecule has 2 rings (SSSR count). The zero-order valence-corrected chi connectivity index (χ0v) is 16.9. The molecule has 0 bridgehead atoms. The van der Waals surface area contributed by atoms with Gasteiger partial charge in [0.25, 0.3) is 0 Å². The highest BCUT2D eigenvalue weighted by Crippen LogP contribution is 2.53. The number of anilines is 1. The van der Waals surface area contributed by atoms with Gasteiger partial charge in [0.05, 0.1) is 0 Å². The fraction of sp³-hybridized carbons (Fsp3) is 0.438. The number of nitrogens with zero attached hydrogens (tertiary/aromatic N) is 2. The number of nitrogens with one attached hydrogen (secondary N) is 1. The van der Waals surface area contributed by atoms with Crippen molar-refractivity contribution in [1.29, 1.82) is 0 Å². The molecular weight excluding hydrogens is 463 g/mol. The van der Waals surface area contributed by atoms with Crippen LogP contribution in [0.15, 0.2) is 34.2 Å². The van der Waals surface area contributed by atoms with Gasteiger partial charge in [-0.25, -0.2) is 0 Å². The minimum Gasteiger partial charge on any atom is -0.326 e. The van der Waals surface area contributed by atoms with Crippen molar-refractivity contribution < 1.29 is 40.3 Å². The second-order valence-corrected chi connectivity index (χ2v) is 8.34. The minimum atomic E-state index is -6.41. The van der Waals surface area contributed by atoms with Crippen LogP contribution in [0.3, 0.4) is 0 Å². The molecule has 0 aromatic heterocycles. The molecule has 1 saturated heterocycles. The third kappa shape index (κ3) is 5.02. The Balaban J connectivity index is 2.00. The highest BCUT2D eigenvalue weighted by atomic mass is 32.2. The van der Waals surface area contributed by atoms with E-state index in [1.165, 1.54) is 19.0 Å². The van der Waals surface area contributed by atoms with E-state index in [9.17, 15) is 40.3 Å². The van der Waals surface area contributed by atoms with Crippen LogP contribution >= 0.6 is 23.5 Å². The number of hydrogen-bond donors (Lipinski definition) is 1. The lowest BCUT2D eigenvalue weighted by molar-refractivity contribution is -0.330. The molecule has 2 amide bonds. The lowest BCUT2D eigenvalue weighted by Gasteiger charge is -2.27. The van der Waals surface area contributed by atoms with Gasteiger partial charge in [0, 0.05) is 31.1 Å². The van der Waals surface area contributed by atoms with Crippen LogP contribution in [0.2, 0.25) is 0 Å². The topological polar surface area (TPSA) is 61.8 Å². The van der Waals surface area contributed by atoms with Crippen LogP contribution in [0.25, 0.3) is 0 Å². The summed E-state index contributed by atoms with van der Waals surface area (Å²) in [4.78, 5) is 28.7. The van der Waals surface area contributed by atoms with E-state index in [1.807, 2.05) is 0 Å². The van der Waals surface area contributed by atoms with E-state index in [4.69, 9.17) is 0 Å². The Hall–Kier alpha value is -1.96. The summed E-state index contributed by atoms with van der Waals surface area (Å²) in [7, 11) is 2.99. The van der Waals surface area contributed by atoms with Gasteiger partial charge in [0.2, 0.25) is 11.8 Å². The zero-order valence-electron chi connectivity index (χ0n) is 15.3. The van der Waals surface area contributed by atoms with Crippen molar-refractivity contribution in [3.05, 3.63) is 24.3 Å². The van der Waals surface area contributed by atoms with Gasteiger partial charge in [0.1, 0.15) is 5.25 Å². The van der Waals surface area contributed by atoms with E-state index in [1.54, 1.807) is 0 Å². The Kier molecular flexibility index (Phi) is 7.01. The number of carbonyl (C=O) groups is 2. The Morgan fingerprint density at radius 3 is 2.20 bits per heavy atom. The Morgan fingerprint density at radius 2 is 1.73 bits per heavy atom. The quantitative estimate of drug-likeness (QED) is 0.486. The summed E-state index contributed by atoms with van der Waals surface area (Å²) < 4.78 is 89.3. The standard InChI is InChI=1S/C16H14F7N3O2S2/c1-24-13-26(2)12(28)10(29-13)7-11(27)25-8-3-5-9(6-4-8)30-16(22,23)14(17,18)15(19,20)21/h3-6,10H,7H2,1-2H3,(H,25,27)/t10-/m1/s1. The van der Waals surface area contributed by atoms with Crippen LogP contribution in [-0.2, 0) is 9.59 Å². The van der Waals surface area contributed by atoms with Crippen molar-refractivity contribution in [3.63, 3.8) is 0 Å². The SMILES string of the molecule is CN=C1S[C@H](CC(=O)Nc2ccc(SC(F)(F)C(F)(F)C(F)(F)F)cc2)C(=O)N1C. The summed E-state index contributed by atoms with van der Waals surface area (Å²) in [6.45, 7) is 0. The van der Waals surface area contributed by atoms with Gasteiger partial charge < -0.3 is 5.32 Å². The third-order valence-electron chi connectivity index (χ3n) is 3.81. The molecule has 0 unspecified atom stereocenters. The predicted molar refractivity (Wildman–Crippen MR) is 99.0 cm³/mol. The van der Waals surface area contributed by atoms with Gasteiger partial charge in [-0.2, -0.15) is 30.7 Å². The van der Waals surface area contributed by atoms with Crippen molar-refractivity contribution in [2.24, 2.45) is 4.99 Å². The molecule has 1 aromatic carbocycles. The molecule has 0 spiro atoms. The van der Waals surface area contributed by atoms with Gasteiger partial charge in [-0.05, 0) is 36.0 Å². The first kappa shape index (κ1) is 24.3. The van der Waals surface area contributed by atoms with Crippen molar-refractivity contribution >= 4 is 46.2 Å². The highest BCUT2D eigenvalue weighted by molar-refractivity contribution is 8.15. The Labute approximate surface area is 174 Å². The zero-order chi connectivity index (χ0) is 22.9. The highest BCUT2D eigenvalue weighted by Gasteiger charge is 2.73. The van der Waals surface area contributed by atoms with Gasteiger partial charge in [-0.1, -0.05) is 11.8 Å². The van der Waals surface area contributed by atoms with Crippen LogP contribution in [0, 0.1) is 0 Å². The molecule has 1 aliphatic rings. The van der Waals surface area contributed by atoms with Crippen molar-refractivity contribution in [2.45, 2.75) is 33.9 Å². The van der Waals surface area contributed by atoms with Crippen LogP contribution in [0.1, 0.15) is 6.42 Å². The number of rotatable bonds is 6. The number of carbonyl (C=O) groups excluding carboxylic acids is 2. The number of halogens is 7. The van der Waals surface area contributed by atoms with E-state index in [-0.39, 0.29) is 18.0 Å². The normalized spacial score (nSPS) is 19.5. The molecule has 1 fully saturated rings. The molecule has 0 saturated carbocycles. The summed E-state index contributed by atoms with van der Waals surface area (Å²) >= 11 is 0.149. The lowest BCUT2D eigenvalue weighted by Crippen LogP contribution is -2.49. The summed E-state index contributed by atoms with van der Waals surface area (Å²) in [6, 6.07) is 3.87. The first-order valence-electron chi connectivity index (χ1n) is 8.02. The van der Waals surface area contributed by atoms with Crippen LogP contribution in [-0.4, -0.2) is 58.6 Å². The van der Waals surface area contributed by atoms with Gasteiger partial charge in [0.15, 0.2) is 5.17 Å². The molecule has 5 nitrogen and oxygen atoms in total. The summed E-state index contributed by atoms with van der Waals surface area (Å²) in [5.74, 6) is -7.13. The molecule has 30 heavy (non-hydrogen) atoms.